The lowest BCUT2D eigenvalue weighted by Gasteiger charge is -2.34. The van der Waals surface area contributed by atoms with Crippen molar-refractivity contribution in [1.29, 1.82) is 0 Å². The number of carboxylic acid groups (broad SMARTS) is 1. The molecule has 0 aromatic carbocycles. The highest BCUT2D eigenvalue weighted by molar-refractivity contribution is 5.85. The van der Waals surface area contributed by atoms with Gasteiger partial charge in [0.25, 0.3) is 0 Å². The second-order valence-corrected chi connectivity index (χ2v) is 6.23. The second-order valence-electron chi connectivity index (χ2n) is 6.23. The van der Waals surface area contributed by atoms with Crippen molar-refractivity contribution in [3.63, 3.8) is 0 Å². The number of ether oxygens (including phenoxy) is 1. The lowest BCUT2D eigenvalue weighted by Crippen LogP contribution is -2.49. The highest BCUT2D eigenvalue weighted by Crippen LogP contribution is 2.39. The second kappa shape index (κ2) is 5.49. The first-order chi connectivity index (χ1) is 8.96. The molecule has 2 N–H and O–H groups in total. The van der Waals surface area contributed by atoms with Crippen molar-refractivity contribution in [2.75, 3.05) is 13.2 Å². The molecule has 2 rings (SSSR count). The van der Waals surface area contributed by atoms with Crippen molar-refractivity contribution < 1.29 is 19.4 Å². The van der Waals surface area contributed by atoms with E-state index in [1.807, 2.05) is 6.92 Å². The van der Waals surface area contributed by atoms with E-state index in [4.69, 9.17) is 4.74 Å². The number of carbonyl (C=O) groups is 2. The molecule has 2 aliphatic rings. The topological polar surface area (TPSA) is 75.6 Å². The van der Waals surface area contributed by atoms with Crippen LogP contribution in [0.2, 0.25) is 0 Å². The zero-order chi connectivity index (χ0) is 13.9. The van der Waals surface area contributed by atoms with Gasteiger partial charge in [0, 0.05) is 13.0 Å². The van der Waals surface area contributed by atoms with Gasteiger partial charge in [-0.15, -0.1) is 0 Å². The molecule has 108 valence electrons. The van der Waals surface area contributed by atoms with Gasteiger partial charge < -0.3 is 15.2 Å². The van der Waals surface area contributed by atoms with Crippen molar-refractivity contribution in [1.82, 2.24) is 5.32 Å². The lowest BCUT2D eigenvalue weighted by molar-refractivity contribution is -0.154. The molecule has 1 saturated carbocycles. The number of carboxylic acids is 1. The predicted molar refractivity (Wildman–Crippen MR) is 69.8 cm³/mol. The molecule has 0 spiro atoms. The summed E-state index contributed by atoms with van der Waals surface area (Å²) in [6, 6.07) is 0. The minimum atomic E-state index is -0.849. The molecule has 2 fully saturated rings. The maximum Gasteiger partial charge on any atom is 0.310 e. The number of hydrogen-bond acceptors (Lipinski definition) is 3. The van der Waals surface area contributed by atoms with E-state index in [0.29, 0.717) is 26.1 Å². The number of aliphatic carboxylic acids is 1. The predicted octanol–water partition coefficient (Wildman–Crippen LogP) is 1.71. The van der Waals surface area contributed by atoms with Crippen LogP contribution in [0.5, 0.6) is 0 Å². The van der Waals surface area contributed by atoms with E-state index >= 15 is 0 Å². The molecule has 0 bridgehead atoms. The Morgan fingerprint density at radius 1 is 1.21 bits per heavy atom. The van der Waals surface area contributed by atoms with Crippen molar-refractivity contribution in [3.8, 4) is 0 Å². The smallest absolute Gasteiger partial charge is 0.310 e. The summed E-state index contributed by atoms with van der Waals surface area (Å²) in [4.78, 5) is 23.7. The van der Waals surface area contributed by atoms with Gasteiger partial charge in [0.15, 0.2) is 0 Å². The van der Waals surface area contributed by atoms with Crippen molar-refractivity contribution in [2.24, 2.45) is 5.41 Å². The Kier molecular flexibility index (Phi) is 4.13. The highest BCUT2D eigenvalue weighted by Gasteiger charge is 2.42. The summed E-state index contributed by atoms with van der Waals surface area (Å²) < 4.78 is 5.29. The van der Waals surface area contributed by atoms with Gasteiger partial charge in [-0.25, -0.2) is 0 Å². The van der Waals surface area contributed by atoms with E-state index in [0.717, 1.165) is 25.7 Å². The molecule has 0 aromatic heterocycles. The Morgan fingerprint density at radius 3 is 2.42 bits per heavy atom. The SMILES string of the molecule is CC1(NC(=O)CC2(C(=O)O)CCCCC2)CCOC1. The monoisotopic (exact) mass is 269 g/mol. The van der Waals surface area contributed by atoms with Crippen LogP contribution >= 0.6 is 0 Å². The van der Waals surface area contributed by atoms with E-state index in [9.17, 15) is 14.7 Å². The molecule has 1 amide bonds. The number of hydrogen-bond donors (Lipinski definition) is 2. The molecule has 0 radical (unpaired) electrons. The highest BCUT2D eigenvalue weighted by atomic mass is 16.5. The van der Waals surface area contributed by atoms with Gasteiger partial charge in [0.2, 0.25) is 5.91 Å². The van der Waals surface area contributed by atoms with E-state index in [2.05, 4.69) is 5.32 Å². The Labute approximate surface area is 113 Å². The largest absolute Gasteiger partial charge is 0.481 e. The van der Waals surface area contributed by atoms with Crippen LogP contribution in [0.3, 0.4) is 0 Å². The van der Waals surface area contributed by atoms with Gasteiger partial charge in [0.1, 0.15) is 0 Å². The first-order valence-electron chi connectivity index (χ1n) is 7.08. The number of nitrogens with one attached hydrogen (secondary N) is 1. The van der Waals surface area contributed by atoms with Crippen LogP contribution in [0.4, 0.5) is 0 Å². The maximum atomic E-state index is 12.2. The molecule has 1 saturated heterocycles. The Balaban J connectivity index is 1.97. The summed E-state index contributed by atoms with van der Waals surface area (Å²) >= 11 is 0. The third-order valence-corrected chi connectivity index (χ3v) is 4.42. The zero-order valence-electron chi connectivity index (χ0n) is 11.5. The zero-order valence-corrected chi connectivity index (χ0v) is 11.5. The van der Waals surface area contributed by atoms with E-state index < -0.39 is 11.4 Å². The van der Waals surface area contributed by atoms with Crippen LogP contribution in [0.25, 0.3) is 0 Å². The van der Waals surface area contributed by atoms with Crippen molar-refractivity contribution in [3.05, 3.63) is 0 Å². The standard InChI is InChI=1S/C14H23NO4/c1-13(7-8-19-10-13)15-11(16)9-14(12(17)18)5-3-2-4-6-14/h2-10H2,1H3,(H,15,16)(H,17,18). The molecular weight excluding hydrogens is 246 g/mol. The summed E-state index contributed by atoms with van der Waals surface area (Å²) in [5.41, 5.74) is -1.18. The fraction of sp³-hybridized carbons (Fsp3) is 0.857. The van der Waals surface area contributed by atoms with Crippen LogP contribution in [0, 0.1) is 5.41 Å². The van der Waals surface area contributed by atoms with E-state index in [-0.39, 0.29) is 17.9 Å². The third kappa shape index (κ3) is 3.26. The van der Waals surface area contributed by atoms with E-state index in [1.165, 1.54) is 0 Å². The van der Waals surface area contributed by atoms with Gasteiger partial charge in [-0.05, 0) is 26.2 Å². The molecule has 5 nitrogen and oxygen atoms in total. The molecule has 19 heavy (non-hydrogen) atoms. The summed E-state index contributed by atoms with van der Waals surface area (Å²) in [5.74, 6) is -0.979. The van der Waals surface area contributed by atoms with E-state index in [1.54, 1.807) is 0 Å². The van der Waals surface area contributed by atoms with Gasteiger partial charge in [-0.1, -0.05) is 19.3 Å². The summed E-state index contributed by atoms with van der Waals surface area (Å²) in [7, 11) is 0. The molecular formula is C14H23NO4. The number of rotatable bonds is 4. The third-order valence-electron chi connectivity index (χ3n) is 4.42. The first-order valence-corrected chi connectivity index (χ1v) is 7.08. The Hall–Kier alpha value is -1.10. The van der Waals surface area contributed by atoms with Gasteiger partial charge >= 0.3 is 5.97 Å². The normalized spacial score (nSPS) is 29.9. The number of carbonyl (C=O) groups excluding carboxylic acids is 1. The van der Waals surface area contributed by atoms with Crippen molar-refractivity contribution >= 4 is 11.9 Å². The fourth-order valence-electron chi connectivity index (χ4n) is 3.15. The van der Waals surface area contributed by atoms with Crippen molar-refractivity contribution in [2.45, 2.75) is 57.4 Å². The summed E-state index contributed by atoms with van der Waals surface area (Å²) in [6.07, 6.45) is 4.99. The van der Waals surface area contributed by atoms with Crippen LogP contribution in [0.15, 0.2) is 0 Å². The van der Waals surface area contributed by atoms with Crippen LogP contribution < -0.4 is 5.32 Å². The van der Waals surface area contributed by atoms with Gasteiger partial charge in [-0.2, -0.15) is 0 Å². The summed E-state index contributed by atoms with van der Waals surface area (Å²) in [5, 5.41) is 12.4. The molecule has 1 atom stereocenters. The quantitative estimate of drug-likeness (QED) is 0.814. The average molecular weight is 269 g/mol. The van der Waals surface area contributed by atoms with Gasteiger partial charge in [-0.3, -0.25) is 9.59 Å². The lowest BCUT2D eigenvalue weighted by atomic mass is 9.71. The fourth-order valence-corrected chi connectivity index (χ4v) is 3.15. The first kappa shape index (κ1) is 14.3. The number of amides is 1. The Morgan fingerprint density at radius 2 is 1.89 bits per heavy atom. The van der Waals surface area contributed by atoms with Crippen LogP contribution in [0.1, 0.15) is 51.9 Å². The molecule has 0 aromatic rings. The molecule has 1 unspecified atom stereocenters. The summed E-state index contributed by atoms with van der Waals surface area (Å²) in [6.45, 7) is 3.12. The Bertz CT molecular complexity index is 354. The molecule has 5 heteroatoms. The van der Waals surface area contributed by atoms with Crippen LogP contribution in [-0.4, -0.2) is 35.7 Å². The minimum Gasteiger partial charge on any atom is -0.481 e. The molecule has 1 aliphatic heterocycles. The molecule has 1 aliphatic carbocycles. The van der Waals surface area contributed by atoms with Crippen LogP contribution in [-0.2, 0) is 14.3 Å². The maximum absolute atomic E-state index is 12.2. The minimum absolute atomic E-state index is 0.0952. The average Bonchev–Trinajstić information content (AvgIpc) is 2.76. The molecule has 1 heterocycles. The van der Waals surface area contributed by atoms with Gasteiger partial charge in [0.05, 0.1) is 17.6 Å².